The Balaban J connectivity index is 2.21. The molecule has 0 saturated heterocycles. The molecule has 12 heavy (non-hydrogen) atoms. The molecule has 0 aromatic carbocycles. The number of hydrogen-bond acceptors (Lipinski definition) is 2. The number of aliphatic hydroxyl groups is 1. The Hall–Kier alpha value is -0.790. The molecule has 2 aliphatic carbocycles. The molecule has 2 aliphatic rings. The Morgan fingerprint density at radius 1 is 1.25 bits per heavy atom. The van der Waals surface area contributed by atoms with Crippen molar-refractivity contribution < 1.29 is 9.90 Å². The topological polar surface area (TPSA) is 37.3 Å². The third kappa shape index (κ3) is 1.06. The Kier molecular flexibility index (Phi) is 1.71. The Bertz CT molecular complexity index is 234. The van der Waals surface area contributed by atoms with Gasteiger partial charge in [-0.3, -0.25) is 4.79 Å². The standard InChI is InChI=1S/C10H14O2/c11-8-6-9(12)10(7-8)4-2-1-3-5-10/h6,12H,1-5,7H2. The van der Waals surface area contributed by atoms with Crippen LogP contribution in [0.5, 0.6) is 0 Å². The molecule has 0 aromatic heterocycles. The van der Waals surface area contributed by atoms with Gasteiger partial charge in [-0.2, -0.15) is 0 Å². The van der Waals surface area contributed by atoms with E-state index < -0.39 is 0 Å². The molecule has 0 aromatic rings. The molecule has 0 unspecified atom stereocenters. The highest BCUT2D eigenvalue weighted by Gasteiger charge is 2.41. The smallest absolute Gasteiger partial charge is 0.160 e. The third-order valence-corrected chi connectivity index (χ3v) is 3.16. The van der Waals surface area contributed by atoms with Gasteiger partial charge in [-0.15, -0.1) is 0 Å². The summed E-state index contributed by atoms with van der Waals surface area (Å²) in [5, 5.41) is 9.62. The van der Waals surface area contributed by atoms with Crippen molar-refractivity contribution in [1.29, 1.82) is 0 Å². The van der Waals surface area contributed by atoms with Crippen LogP contribution >= 0.6 is 0 Å². The first-order valence-electron chi connectivity index (χ1n) is 4.67. The van der Waals surface area contributed by atoms with Gasteiger partial charge in [0, 0.05) is 17.9 Å². The first kappa shape index (κ1) is 7.84. The van der Waals surface area contributed by atoms with Crippen molar-refractivity contribution in [2.24, 2.45) is 5.41 Å². The molecule has 1 fully saturated rings. The van der Waals surface area contributed by atoms with Gasteiger partial charge in [0.25, 0.3) is 0 Å². The van der Waals surface area contributed by atoms with E-state index in [2.05, 4.69) is 0 Å². The molecule has 0 radical (unpaired) electrons. The SMILES string of the molecule is O=C1C=C(O)C2(CCCCC2)C1. The molecule has 0 aliphatic heterocycles. The fraction of sp³-hybridized carbons (Fsp3) is 0.700. The molecular weight excluding hydrogens is 152 g/mol. The van der Waals surface area contributed by atoms with Crippen LogP contribution in [0.25, 0.3) is 0 Å². The van der Waals surface area contributed by atoms with Crippen molar-refractivity contribution in [3.63, 3.8) is 0 Å². The second kappa shape index (κ2) is 2.61. The van der Waals surface area contributed by atoms with Gasteiger partial charge in [0.15, 0.2) is 5.78 Å². The second-order valence-corrected chi connectivity index (χ2v) is 4.01. The van der Waals surface area contributed by atoms with Gasteiger partial charge in [-0.25, -0.2) is 0 Å². The molecule has 0 bridgehead atoms. The number of carbonyl (C=O) groups excluding carboxylic acids is 1. The number of carbonyl (C=O) groups is 1. The fourth-order valence-electron chi connectivity index (χ4n) is 2.44. The number of allylic oxidation sites excluding steroid dienone is 2. The van der Waals surface area contributed by atoms with Gasteiger partial charge in [-0.1, -0.05) is 19.3 Å². The van der Waals surface area contributed by atoms with Gasteiger partial charge < -0.3 is 5.11 Å². The van der Waals surface area contributed by atoms with E-state index in [1.165, 1.54) is 12.5 Å². The van der Waals surface area contributed by atoms with Crippen LogP contribution in [0.15, 0.2) is 11.8 Å². The molecule has 2 nitrogen and oxygen atoms in total. The number of aliphatic hydroxyl groups excluding tert-OH is 1. The number of ketones is 1. The highest BCUT2D eigenvalue weighted by Crippen LogP contribution is 2.47. The van der Waals surface area contributed by atoms with Crippen LogP contribution in [0.2, 0.25) is 0 Å². The lowest BCUT2D eigenvalue weighted by atomic mass is 9.73. The minimum atomic E-state index is -0.130. The Labute approximate surface area is 72.3 Å². The zero-order valence-electron chi connectivity index (χ0n) is 7.18. The summed E-state index contributed by atoms with van der Waals surface area (Å²) < 4.78 is 0. The molecule has 2 heteroatoms. The molecule has 2 rings (SSSR count). The maximum absolute atomic E-state index is 11.1. The van der Waals surface area contributed by atoms with E-state index >= 15 is 0 Å². The van der Waals surface area contributed by atoms with Crippen molar-refractivity contribution in [2.45, 2.75) is 38.5 Å². The predicted octanol–water partition coefficient (Wildman–Crippen LogP) is 2.35. The summed E-state index contributed by atoms with van der Waals surface area (Å²) >= 11 is 0. The van der Waals surface area contributed by atoms with Crippen LogP contribution in [-0.2, 0) is 4.79 Å². The van der Waals surface area contributed by atoms with E-state index in [0.29, 0.717) is 12.2 Å². The highest BCUT2D eigenvalue weighted by molar-refractivity contribution is 5.93. The van der Waals surface area contributed by atoms with E-state index in [0.717, 1.165) is 25.7 Å². The highest BCUT2D eigenvalue weighted by atomic mass is 16.3. The molecule has 1 spiro atoms. The minimum absolute atomic E-state index is 0.106. The zero-order valence-corrected chi connectivity index (χ0v) is 7.18. The average Bonchev–Trinajstić information content (AvgIpc) is 2.29. The molecule has 0 amide bonds. The van der Waals surface area contributed by atoms with Gasteiger partial charge in [0.2, 0.25) is 0 Å². The number of hydrogen-bond donors (Lipinski definition) is 1. The van der Waals surface area contributed by atoms with Crippen molar-refractivity contribution in [3.05, 3.63) is 11.8 Å². The van der Waals surface area contributed by atoms with Gasteiger partial charge in [-0.05, 0) is 12.8 Å². The lowest BCUT2D eigenvalue weighted by Crippen LogP contribution is -2.24. The van der Waals surface area contributed by atoms with Crippen molar-refractivity contribution >= 4 is 5.78 Å². The summed E-state index contributed by atoms with van der Waals surface area (Å²) in [5.74, 6) is 0.460. The first-order chi connectivity index (χ1) is 5.73. The van der Waals surface area contributed by atoms with Crippen LogP contribution in [0, 0.1) is 5.41 Å². The molecule has 66 valence electrons. The monoisotopic (exact) mass is 166 g/mol. The molecule has 1 N–H and O–H groups in total. The molecule has 0 atom stereocenters. The van der Waals surface area contributed by atoms with E-state index in [1.807, 2.05) is 0 Å². The minimum Gasteiger partial charge on any atom is -0.512 e. The van der Waals surface area contributed by atoms with Gasteiger partial charge >= 0.3 is 0 Å². The number of rotatable bonds is 0. The predicted molar refractivity (Wildman–Crippen MR) is 45.9 cm³/mol. The van der Waals surface area contributed by atoms with Gasteiger partial charge in [0.1, 0.15) is 5.76 Å². The van der Waals surface area contributed by atoms with Crippen LogP contribution < -0.4 is 0 Å². The van der Waals surface area contributed by atoms with Crippen LogP contribution in [0.4, 0.5) is 0 Å². The summed E-state index contributed by atoms with van der Waals surface area (Å²) in [6.45, 7) is 0. The lowest BCUT2D eigenvalue weighted by molar-refractivity contribution is -0.115. The first-order valence-corrected chi connectivity index (χ1v) is 4.67. The second-order valence-electron chi connectivity index (χ2n) is 4.01. The summed E-state index contributed by atoms with van der Waals surface area (Å²) in [6, 6.07) is 0. The van der Waals surface area contributed by atoms with E-state index in [4.69, 9.17) is 0 Å². The lowest BCUT2D eigenvalue weighted by Gasteiger charge is -2.32. The molecule has 0 heterocycles. The summed E-state index contributed by atoms with van der Waals surface area (Å²) in [5.41, 5.74) is -0.130. The summed E-state index contributed by atoms with van der Waals surface area (Å²) in [7, 11) is 0. The molecular formula is C10H14O2. The van der Waals surface area contributed by atoms with Crippen LogP contribution in [0.1, 0.15) is 38.5 Å². The maximum Gasteiger partial charge on any atom is 0.160 e. The van der Waals surface area contributed by atoms with Crippen LogP contribution in [0.3, 0.4) is 0 Å². The third-order valence-electron chi connectivity index (χ3n) is 3.16. The van der Waals surface area contributed by atoms with E-state index in [1.54, 1.807) is 0 Å². The van der Waals surface area contributed by atoms with Crippen molar-refractivity contribution in [1.82, 2.24) is 0 Å². The Morgan fingerprint density at radius 3 is 2.42 bits per heavy atom. The van der Waals surface area contributed by atoms with Gasteiger partial charge in [0.05, 0.1) is 0 Å². The maximum atomic E-state index is 11.1. The zero-order chi connectivity index (χ0) is 8.60. The Morgan fingerprint density at radius 2 is 1.92 bits per heavy atom. The summed E-state index contributed by atoms with van der Waals surface area (Å²) in [6.07, 6.45) is 7.55. The van der Waals surface area contributed by atoms with Crippen LogP contribution in [-0.4, -0.2) is 10.9 Å². The fourth-order valence-corrected chi connectivity index (χ4v) is 2.44. The largest absolute Gasteiger partial charge is 0.512 e. The normalized spacial score (nSPS) is 27.7. The quantitative estimate of drug-likeness (QED) is 0.599. The van der Waals surface area contributed by atoms with Crippen molar-refractivity contribution in [3.8, 4) is 0 Å². The van der Waals surface area contributed by atoms with Crippen molar-refractivity contribution in [2.75, 3.05) is 0 Å². The summed E-state index contributed by atoms with van der Waals surface area (Å²) in [4.78, 5) is 11.1. The average molecular weight is 166 g/mol. The van der Waals surface area contributed by atoms with E-state index in [-0.39, 0.29) is 11.2 Å². The molecule has 1 saturated carbocycles. The van der Waals surface area contributed by atoms with E-state index in [9.17, 15) is 9.90 Å².